The van der Waals surface area contributed by atoms with Crippen LogP contribution in [0.1, 0.15) is 4.88 Å². The molecule has 0 saturated carbocycles. The highest BCUT2D eigenvalue weighted by atomic mass is 35.5. The largest absolute Gasteiger partial charge is 0.271 e. The van der Waals surface area contributed by atoms with Crippen molar-refractivity contribution in [2.24, 2.45) is 5.84 Å². The lowest BCUT2D eigenvalue weighted by molar-refractivity contribution is 0.579. The maximum atomic E-state index is 6.11. The molecule has 0 aliphatic heterocycles. The molecule has 0 radical (unpaired) electrons. The molecule has 0 spiro atoms. The van der Waals surface area contributed by atoms with Gasteiger partial charge in [-0.3, -0.25) is 16.3 Å². The van der Waals surface area contributed by atoms with Crippen LogP contribution in [-0.4, -0.2) is 16.8 Å². The summed E-state index contributed by atoms with van der Waals surface area (Å²) < 4.78 is 0. The minimum Gasteiger partial charge on any atom is -0.271 e. The van der Waals surface area contributed by atoms with Gasteiger partial charge in [-0.15, -0.1) is 23.1 Å². The van der Waals surface area contributed by atoms with Crippen molar-refractivity contribution in [2.75, 3.05) is 5.75 Å². The van der Waals surface area contributed by atoms with Gasteiger partial charge in [-0.25, -0.2) is 0 Å². The van der Waals surface area contributed by atoms with E-state index in [1.165, 1.54) is 4.88 Å². The number of nitrogens with two attached hydrogens (primary N) is 1. The summed E-state index contributed by atoms with van der Waals surface area (Å²) in [5, 5.41) is 0.788. The molecule has 2 aromatic rings. The number of halogens is 1. The number of rotatable bonds is 6. The topological polar surface area (TPSA) is 50.9 Å². The Hall–Kier alpha value is -0.590. The smallest absolute Gasteiger partial charge is 0.0794 e. The molecule has 1 unspecified atom stereocenters. The van der Waals surface area contributed by atoms with Crippen LogP contribution in [0.15, 0.2) is 40.9 Å². The molecular formula is C12H14ClN3S2. The van der Waals surface area contributed by atoms with Gasteiger partial charge in [0.2, 0.25) is 0 Å². The van der Waals surface area contributed by atoms with Crippen LogP contribution in [0.3, 0.4) is 0 Å². The van der Waals surface area contributed by atoms with Crippen molar-refractivity contribution < 1.29 is 0 Å². The lowest BCUT2D eigenvalue weighted by Crippen LogP contribution is -2.38. The molecular weight excluding hydrogens is 286 g/mol. The fourth-order valence-electron chi connectivity index (χ4n) is 1.50. The molecule has 1 aromatic heterocycles. The van der Waals surface area contributed by atoms with Gasteiger partial charge in [0.1, 0.15) is 0 Å². The van der Waals surface area contributed by atoms with Crippen molar-refractivity contribution in [3.8, 4) is 0 Å². The van der Waals surface area contributed by atoms with Crippen LogP contribution in [0.25, 0.3) is 0 Å². The SMILES string of the molecule is NNC(CSc1ccccc1Cl)Cc1cncs1. The second-order valence-corrected chi connectivity index (χ2v) is 6.22. The molecule has 0 amide bonds. The van der Waals surface area contributed by atoms with Crippen LogP contribution in [0.5, 0.6) is 0 Å². The normalized spacial score (nSPS) is 12.6. The van der Waals surface area contributed by atoms with Crippen molar-refractivity contribution >= 4 is 34.7 Å². The average Bonchev–Trinajstić information content (AvgIpc) is 2.89. The van der Waals surface area contributed by atoms with E-state index in [4.69, 9.17) is 17.4 Å². The molecule has 6 heteroatoms. The van der Waals surface area contributed by atoms with E-state index in [1.54, 1.807) is 23.1 Å². The summed E-state index contributed by atoms with van der Waals surface area (Å²) in [5.41, 5.74) is 4.68. The number of hydrazine groups is 1. The Balaban J connectivity index is 1.89. The Morgan fingerprint density at radius 2 is 2.28 bits per heavy atom. The van der Waals surface area contributed by atoms with E-state index in [9.17, 15) is 0 Å². The van der Waals surface area contributed by atoms with Crippen LogP contribution in [0.2, 0.25) is 5.02 Å². The molecule has 96 valence electrons. The fourth-order valence-corrected chi connectivity index (χ4v) is 3.46. The van der Waals surface area contributed by atoms with Crippen LogP contribution >= 0.6 is 34.7 Å². The molecule has 0 aliphatic carbocycles. The van der Waals surface area contributed by atoms with Gasteiger partial charge in [-0.1, -0.05) is 23.7 Å². The van der Waals surface area contributed by atoms with E-state index in [0.29, 0.717) is 0 Å². The molecule has 0 aliphatic rings. The minimum atomic E-state index is 0.215. The lowest BCUT2D eigenvalue weighted by atomic mass is 10.2. The molecule has 18 heavy (non-hydrogen) atoms. The van der Waals surface area contributed by atoms with E-state index in [2.05, 4.69) is 10.4 Å². The highest BCUT2D eigenvalue weighted by Gasteiger charge is 2.10. The first kappa shape index (κ1) is 13.8. The Labute approximate surface area is 120 Å². The maximum absolute atomic E-state index is 6.11. The van der Waals surface area contributed by atoms with E-state index in [-0.39, 0.29) is 6.04 Å². The first-order valence-electron chi connectivity index (χ1n) is 5.50. The molecule has 1 atom stereocenters. The second-order valence-electron chi connectivity index (χ2n) is 3.78. The third-order valence-corrected chi connectivity index (χ3v) is 4.92. The van der Waals surface area contributed by atoms with Gasteiger partial charge in [0.05, 0.1) is 10.5 Å². The summed E-state index contributed by atoms with van der Waals surface area (Å²) in [7, 11) is 0. The summed E-state index contributed by atoms with van der Waals surface area (Å²) in [6, 6.07) is 8.06. The van der Waals surface area contributed by atoms with Crippen molar-refractivity contribution in [3.05, 3.63) is 45.9 Å². The predicted octanol–water partition coefficient (Wildman–Crippen LogP) is 2.96. The summed E-state index contributed by atoms with van der Waals surface area (Å²) in [5.74, 6) is 6.45. The fraction of sp³-hybridized carbons (Fsp3) is 0.250. The van der Waals surface area contributed by atoms with Crippen LogP contribution in [-0.2, 0) is 6.42 Å². The highest BCUT2D eigenvalue weighted by Crippen LogP contribution is 2.27. The van der Waals surface area contributed by atoms with Crippen molar-refractivity contribution in [3.63, 3.8) is 0 Å². The van der Waals surface area contributed by atoms with Gasteiger partial charge in [0.15, 0.2) is 0 Å². The number of benzene rings is 1. The number of nitrogens with zero attached hydrogens (tertiary/aromatic N) is 1. The molecule has 1 heterocycles. The monoisotopic (exact) mass is 299 g/mol. The standard InChI is InChI=1S/C12H14ClN3S2/c13-11-3-1-2-4-12(11)17-7-9(16-14)5-10-6-15-8-18-10/h1-4,6,8-9,16H,5,7,14H2. The van der Waals surface area contributed by atoms with E-state index in [0.717, 1.165) is 22.1 Å². The zero-order chi connectivity index (χ0) is 12.8. The summed E-state index contributed by atoms with van der Waals surface area (Å²) in [6.45, 7) is 0. The molecule has 1 aromatic carbocycles. The minimum absolute atomic E-state index is 0.215. The second kappa shape index (κ2) is 7.11. The predicted molar refractivity (Wildman–Crippen MR) is 79.1 cm³/mol. The first-order chi connectivity index (χ1) is 8.79. The summed E-state index contributed by atoms with van der Waals surface area (Å²) in [4.78, 5) is 6.38. The van der Waals surface area contributed by atoms with Gasteiger partial charge in [-0.2, -0.15) is 0 Å². The van der Waals surface area contributed by atoms with Crippen LogP contribution in [0.4, 0.5) is 0 Å². The third-order valence-electron chi connectivity index (χ3n) is 2.44. The average molecular weight is 300 g/mol. The first-order valence-corrected chi connectivity index (χ1v) is 7.74. The van der Waals surface area contributed by atoms with Crippen molar-refractivity contribution in [2.45, 2.75) is 17.4 Å². The number of hydrogen-bond acceptors (Lipinski definition) is 5. The molecule has 2 rings (SSSR count). The Kier molecular flexibility index (Phi) is 5.46. The molecule has 3 N–H and O–H groups in total. The summed E-state index contributed by atoms with van der Waals surface area (Å²) >= 11 is 9.47. The van der Waals surface area contributed by atoms with Crippen LogP contribution in [0, 0.1) is 0 Å². The summed E-state index contributed by atoms with van der Waals surface area (Å²) in [6.07, 6.45) is 2.77. The highest BCUT2D eigenvalue weighted by molar-refractivity contribution is 7.99. The Bertz CT molecular complexity index is 476. The van der Waals surface area contributed by atoms with E-state index < -0.39 is 0 Å². The zero-order valence-corrected chi connectivity index (χ0v) is 12.1. The van der Waals surface area contributed by atoms with E-state index in [1.807, 2.05) is 36.0 Å². The number of thioether (sulfide) groups is 1. The number of aromatic nitrogens is 1. The van der Waals surface area contributed by atoms with Crippen LogP contribution < -0.4 is 11.3 Å². The van der Waals surface area contributed by atoms with Gasteiger partial charge >= 0.3 is 0 Å². The molecule has 3 nitrogen and oxygen atoms in total. The van der Waals surface area contributed by atoms with Gasteiger partial charge in [0.25, 0.3) is 0 Å². The lowest BCUT2D eigenvalue weighted by Gasteiger charge is -2.14. The van der Waals surface area contributed by atoms with Crippen molar-refractivity contribution in [1.29, 1.82) is 0 Å². The Morgan fingerprint density at radius 1 is 1.44 bits per heavy atom. The number of nitrogens with one attached hydrogen (secondary N) is 1. The Morgan fingerprint density at radius 3 is 2.94 bits per heavy atom. The quantitative estimate of drug-likeness (QED) is 0.489. The van der Waals surface area contributed by atoms with Gasteiger partial charge < -0.3 is 0 Å². The van der Waals surface area contributed by atoms with Gasteiger partial charge in [-0.05, 0) is 12.1 Å². The molecule has 0 saturated heterocycles. The maximum Gasteiger partial charge on any atom is 0.0794 e. The van der Waals surface area contributed by atoms with E-state index >= 15 is 0 Å². The molecule has 0 fully saturated rings. The third kappa shape index (κ3) is 3.96. The number of thiazole rings is 1. The van der Waals surface area contributed by atoms with Crippen molar-refractivity contribution in [1.82, 2.24) is 10.4 Å². The zero-order valence-electron chi connectivity index (χ0n) is 9.67. The van der Waals surface area contributed by atoms with Gasteiger partial charge in [0, 0.05) is 34.2 Å². The molecule has 0 bridgehead atoms. The number of hydrogen-bond donors (Lipinski definition) is 2.